The first-order chi connectivity index (χ1) is 9.16. The molecule has 0 spiro atoms. The van der Waals surface area contributed by atoms with E-state index in [-0.39, 0.29) is 6.04 Å². The van der Waals surface area contributed by atoms with Crippen LogP contribution >= 0.6 is 0 Å². The van der Waals surface area contributed by atoms with E-state index in [0.29, 0.717) is 12.7 Å². The van der Waals surface area contributed by atoms with Gasteiger partial charge in [-0.2, -0.15) is 0 Å². The average Bonchev–Trinajstić information content (AvgIpc) is 2.91. The maximum absolute atomic E-state index is 13.1. The van der Waals surface area contributed by atoms with Gasteiger partial charge in [-0.3, -0.25) is 0 Å². The summed E-state index contributed by atoms with van der Waals surface area (Å²) in [5, 5.41) is 3.26. The van der Waals surface area contributed by atoms with Gasteiger partial charge < -0.3 is 10.1 Å². The van der Waals surface area contributed by atoms with Gasteiger partial charge in [0.25, 0.3) is 0 Å². The molecule has 2 rings (SSSR count). The van der Waals surface area contributed by atoms with Crippen molar-refractivity contribution in [3.05, 3.63) is 35.4 Å². The fraction of sp³-hybridized carbons (Fsp3) is 0.600. The first-order valence-electron chi connectivity index (χ1n) is 6.97. The van der Waals surface area contributed by atoms with Crippen LogP contribution in [0, 0.1) is 11.6 Å². The zero-order valence-electron chi connectivity index (χ0n) is 11.3. The second-order valence-corrected chi connectivity index (χ2v) is 5.13. The summed E-state index contributed by atoms with van der Waals surface area (Å²) in [7, 11) is 0. The lowest BCUT2D eigenvalue weighted by molar-refractivity contribution is 0.0593. The molecule has 19 heavy (non-hydrogen) atoms. The maximum atomic E-state index is 13.1. The van der Waals surface area contributed by atoms with Gasteiger partial charge in [0.15, 0.2) is 11.6 Å². The van der Waals surface area contributed by atoms with Crippen molar-refractivity contribution in [2.75, 3.05) is 13.2 Å². The summed E-state index contributed by atoms with van der Waals surface area (Å²) in [6, 6.07) is 4.00. The number of hydrogen-bond acceptors (Lipinski definition) is 2. The fourth-order valence-corrected chi connectivity index (χ4v) is 2.46. The topological polar surface area (TPSA) is 21.3 Å². The largest absolute Gasteiger partial charge is 0.377 e. The Morgan fingerprint density at radius 3 is 2.68 bits per heavy atom. The summed E-state index contributed by atoms with van der Waals surface area (Å²) in [4.78, 5) is 0. The molecule has 1 unspecified atom stereocenters. The van der Waals surface area contributed by atoms with Gasteiger partial charge in [0.1, 0.15) is 0 Å². The van der Waals surface area contributed by atoms with Crippen molar-refractivity contribution in [1.29, 1.82) is 0 Å². The van der Waals surface area contributed by atoms with Crippen LogP contribution in [-0.2, 0) is 4.74 Å². The lowest BCUT2D eigenvalue weighted by Gasteiger charge is -2.16. The quantitative estimate of drug-likeness (QED) is 0.797. The average molecular weight is 269 g/mol. The number of benzene rings is 1. The molecule has 1 atom stereocenters. The lowest BCUT2D eigenvalue weighted by atomic mass is 10.1. The molecule has 0 radical (unpaired) electrons. The molecular weight excluding hydrogens is 248 g/mol. The Kier molecular flexibility index (Phi) is 5.28. The third-order valence-corrected chi connectivity index (χ3v) is 3.65. The van der Waals surface area contributed by atoms with Gasteiger partial charge >= 0.3 is 0 Å². The summed E-state index contributed by atoms with van der Waals surface area (Å²) < 4.78 is 31.7. The minimum Gasteiger partial charge on any atom is -0.377 e. The molecule has 0 aliphatic heterocycles. The van der Waals surface area contributed by atoms with Gasteiger partial charge in [-0.15, -0.1) is 0 Å². The van der Waals surface area contributed by atoms with Gasteiger partial charge in [0.05, 0.1) is 12.7 Å². The molecule has 0 heterocycles. The van der Waals surface area contributed by atoms with Gasteiger partial charge in [0.2, 0.25) is 0 Å². The summed E-state index contributed by atoms with van der Waals surface area (Å²) in [6.45, 7) is 3.32. The first kappa shape index (κ1) is 14.4. The van der Waals surface area contributed by atoms with Gasteiger partial charge in [-0.05, 0) is 37.5 Å². The van der Waals surface area contributed by atoms with E-state index in [4.69, 9.17) is 4.74 Å². The molecule has 0 bridgehead atoms. The van der Waals surface area contributed by atoms with Crippen molar-refractivity contribution in [1.82, 2.24) is 5.32 Å². The molecule has 1 aliphatic carbocycles. The molecule has 1 saturated carbocycles. The van der Waals surface area contributed by atoms with E-state index in [2.05, 4.69) is 5.32 Å². The highest BCUT2D eigenvalue weighted by Crippen LogP contribution is 2.20. The third-order valence-electron chi connectivity index (χ3n) is 3.65. The van der Waals surface area contributed by atoms with Crippen LogP contribution in [0.3, 0.4) is 0 Å². The van der Waals surface area contributed by atoms with E-state index in [1.807, 2.05) is 6.92 Å². The van der Waals surface area contributed by atoms with Gasteiger partial charge in [-0.1, -0.05) is 18.9 Å². The van der Waals surface area contributed by atoms with E-state index in [0.717, 1.165) is 18.2 Å². The van der Waals surface area contributed by atoms with Crippen molar-refractivity contribution in [3.8, 4) is 0 Å². The first-order valence-corrected chi connectivity index (χ1v) is 6.97. The normalized spacial score (nSPS) is 17.8. The van der Waals surface area contributed by atoms with Crippen LogP contribution in [0.5, 0.6) is 0 Å². The Labute approximate surface area is 113 Å². The van der Waals surface area contributed by atoms with Crippen LogP contribution in [0.15, 0.2) is 18.2 Å². The molecular formula is C15H21F2NO. The van der Waals surface area contributed by atoms with Gasteiger partial charge in [0, 0.05) is 12.6 Å². The molecule has 106 valence electrons. The number of rotatable bonds is 6. The molecule has 1 fully saturated rings. The highest BCUT2D eigenvalue weighted by atomic mass is 19.2. The van der Waals surface area contributed by atoms with Crippen molar-refractivity contribution in [2.45, 2.75) is 44.8 Å². The summed E-state index contributed by atoms with van der Waals surface area (Å²) in [6.07, 6.45) is 5.28. The van der Waals surface area contributed by atoms with Crippen molar-refractivity contribution in [3.63, 3.8) is 0 Å². The third kappa shape index (κ3) is 4.25. The number of nitrogens with one attached hydrogen (secondary N) is 1. The summed E-state index contributed by atoms with van der Waals surface area (Å²) >= 11 is 0. The predicted octanol–water partition coefficient (Wildman–Crippen LogP) is 3.57. The highest BCUT2D eigenvalue weighted by Gasteiger charge is 2.15. The van der Waals surface area contributed by atoms with E-state index in [1.54, 1.807) is 6.07 Å². The maximum Gasteiger partial charge on any atom is 0.159 e. The van der Waals surface area contributed by atoms with Crippen LogP contribution in [0.4, 0.5) is 8.78 Å². The number of halogens is 2. The van der Waals surface area contributed by atoms with E-state index in [1.165, 1.54) is 31.7 Å². The van der Waals surface area contributed by atoms with Gasteiger partial charge in [-0.25, -0.2) is 8.78 Å². The summed E-state index contributed by atoms with van der Waals surface area (Å²) in [5.74, 6) is -1.60. The van der Waals surface area contributed by atoms with Crippen LogP contribution in [0.1, 0.15) is 44.2 Å². The zero-order valence-corrected chi connectivity index (χ0v) is 11.3. The Balaban J connectivity index is 1.71. The molecule has 1 N–H and O–H groups in total. The van der Waals surface area contributed by atoms with Crippen molar-refractivity contribution < 1.29 is 13.5 Å². The molecule has 1 aromatic rings. The van der Waals surface area contributed by atoms with E-state index < -0.39 is 11.6 Å². The standard InChI is InChI=1S/C15H21F2NO/c1-11(12-6-7-14(16)15(17)10-12)18-8-9-19-13-4-2-3-5-13/h6-7,10-11,13,18H,2-5,8-9H2,1H3. The predicted molar refractivity (Wildman–Crippen MR) is 71.0 cm³/mol. The summed E-state index contributed by atoms with van der Waals surface area (Å²) in [5.41, 5.74) is 0.750. The lowest BCUT2D eigenvalue weighted by Crippen LogP contribution is -2.25. The van der Waals surface area contributed by atoms with Crippen molar-refractivity contribution in [2.24, 2.45) is 0 Å². The highest BCUT2D eigenvalue weighted by molar-refractivity contribution is 5.20. The minimum absolute atomic E-state index is 0.0118. The monoisotopic (exact) mass is 269 g/mol. The van der Waals surface area contributed by atoms with E-state index in [9.17, 15) is 8.78 Å². The second-order valence-electron chi connectivity index (χ2n) is 5.13. The molecule has 0 amide bonds. The zero-order chi connectivity index (χ0) is 13.7. The SMILES string of the molecule is CC(NCCOC1CCCC1)c1ccc(F)c(F)c1. The minimum atomic E-state index is -0.805. The fourth-order valence-electron chi connectivity index (χ4n) is 2.46. The van der Waals surface area contributed by atoms with E-state index >= 15 is 0 Å². The Hall–Kier alpha value is -1.00. The molecule has 4 heteroatoms. The van der Waals surface area contributed by atoms with Crippen LogP contribution in [0.2, 0.25) is 0 Å². The van der Waals surface area contributed by atoms with Crippen molar-refractivity contribution >= 4 is 0 Å². The Morgan fingerprint density at radius 1 is 1.26 bits per heavy atom. The molecule has 0 saturated heterocycles. The van der Waals surface area contributed by atoms with Crippen LogP contribution in [-0.4, -0.2) is 19.3 Å². The molecule has 1 aliphatic rings. The number of ether oxygens (including phenoxy) is 1. The molecule has 1 aromatic carbocycles. The second kappa shape index (κ2) is 6.96. The Bertz CT molecular complexity index is 405. The smallest absolute Gasteiger partial charge is 0.159 e. The number of hydrogen-bond donors (Lipinski definition) is 1. The van der Waals surface area contributed by atoms with Crippen LogP contribution < -0.4 is 5.32 Å². The Morgan fingerprint density at radius 2 is 2.00 bits per heavy atom. The van der Waals surface area contributed by atoms with Crippen LogP contribution in [0.25, 0.3) is 0 Å². The molecule has 2 nitrogen and oxygen atoms in total. The molecule has 0 aromatic heterocycles.